The Bertz CT molecular complexity index is 191. The monoisotopic (exact) mass is 173 g/mol. The Morgan fingerprint density at radius 1 is 1.67 bits per heavy atom. The van der Waals surface area contributed by atoms with E-state index < -0.39 is 19.3 Å². The average Bonchev–Trinajstić information content (AvgIpc) is 1.65. The molecule has 1 atom stereocenters. The zero-order valence-electron chi connectivity index (χ0n) is 4.56. The highest BCUT2D eigenvalue weighted by atomic mass is 33.2. The maximum Gasteiger partial charge on any atom is 0.337 e. The number of rotatable bonds is 3. The molecule has 0 saturated carbocycles. The zero-order valence-corrected chi connectivity index (χ0v) is 6.20. The molecule has 0 bridgehead atoms. The minimum absolute atomic E-state index is 0.170. The van der Waals surface area contributed by atoms with E-state index in [1.165, 1.54) is 6.92 Å². The van der Waals surface area contributed by atoms with Gasteiger partial charge in [-0.3, -0.25) is 8.39 Å². The highest BCUT2D eigenvalue weighted by molar-refractivity contribution is 8.59. The van der Waals surface area contributed by atoms with Gasteiger partial charge in [0.2, 0.25) is 0 Å². The van der Waals surface area contributed by atoms with Crippen molar-refractivity contribution in [2.24, 2.45) is 0 Å². The third-order valence-corrected chi connectivity index (χ3v) is 2.58. The molecule has 0 spiro atoms. The second-order valence-electron chi connectivity index (χ2n) is 1.02. The highest BCUT2D eigenvalue weighted by Crippen LogP contribution is 1.94. The van der Waals surface area contributed by atoms with E-state index in [2.05, 4.69) is 4.18 Å². The van der Waals surface area contributed by atoms with E-state index in [4.69, 9.17) is 0 Å². The molecular formula is C2H5O5S2-. The van der Waals surface area contributed by atoms with Gasteiger partial charge in [0.1, 0.15) is 0 Å². The van der Waals surface area contributed by atoms with Gasteiger partial charge in [-0.25, -0.2) is 0 Å². The maximum absolute atomic E-state index is 10.1. The lowest BCUT2D eigenvalue weighted by molar-refractivity contribution is 0.346. The van der Waals surface area contributed by atoms with Crippen molar-refractivity contribution < 1.29 is 21.4 Å². The van der Waals surface area contributed by atoms with Crippen molar-refractivity contribution in [3.63, 3.8) is 0 Å². The van der Waals surface area contributed by atoms with Gasteiger partial charge in [-0.15, -0.1) is 0 Å². The second kappa shape index (κ2) is 3.25. The Kier molecular flexibility index (Phi) is 3.26. The van der Waals surface area contributed by atoms with Gasteiger partial charge >= 0.3 is 9.15 Å². The molecule has 0 aliphatic heterocycles. The van der Waals surface area contributed by atoms with Crippen LogP contribution >= 0.6 is 0 Å². The summed E-state index contributed by atoms with van der Waals surface area (Å²) in [6, 6.07) is 0. The first-order valence-corrected chi connectivity index (χ1v) is 5.00. The van der Waals surface area contributed by atoms with Crippen LogP contribution in [0.2, 0.25) is 0 Å². The molecule has 0 aliphatic carbocycles. The van der Waals surface area contributed by atoms with Crippen LogP contribution in [0, 0.1) is 0 Å². The molecule has 0 aromatic rings. The largest absolute Gasteiger partial charge is 0.758 e. The van der Waals surface area contributed by atoms with Gasteiger partial charge < -0.3 is 4.55 Å². The third kappa shape index (κ3) is 2.89. The van der Waals surface area contributed by atoms with E-state index in [9.17, 15) is 17.2 Å². The summed E-state index contributed by atoms with van der Waals surface area (Å²) in [7, 11) is -7.51. The number of hydrogen-bond acceptors (Lipinski definition) is 5. The normalized spacial score (nSPS) is 15.3. The molecule has 0 aromatic heterocycles. The molecule has 9 heavy (non-hydrogen) atoms. The molecule has 0 aliphatic rings. The van der Waals surface area contributed by atoms with Crippen LogP contribution in [0.15, 0.2) is 0 Å². The lowest BCUT2D eigenvalue weighted by Crippen LogP contribution is -2.10. The van der Waals surface area contributed by atoms with Crippen LogP contribution in [-0.4, -0.2) is 23.8 Å². The Balaban J connectivity index is 4.23. The molecule has 56 valence electrons. The van der Waals surface area contributed by atoms with E-state index >= 15 is 0 Å². The van der Waals surface area contributed by atoms with E-state index in [0.29, 0.717) is 0 Å². The lowest BCUT2D eigenvalue weighted by Gasteiger charge is -2.03. The first-order chi connectivity index (χ1) is 4.00. The Morgan fingerprint density at radius 3 is 2.22 bits per heavy atom. The molecule has 5 nitrogen and oxygen atoms in total. The molecule has 0 radical (unpaired) electrons. The van der Waals surface area contributed by atoms with Crippen LogP contribution in [0.1, 0.15) is 6.92 Å². The zero-order chi connectivity index (χ0) is 7.49. The quantitative estimate of drug-likeness (QED) is 0.410. The van der Waals surface area contributed by atoms with Crippen LogP contribution in [-0.2, 0) is 23.4 Å². The molecule has 0 saturated heterocycles. The fourth-order valence-corrected chi connectivity index (χ4v) is 1.08. The van der Waals surface area contributed by atoms with Gasteiger partial charge in [-0.2, -0.15) is 8.42 Å². The van der Waals surface area contributed by atoms with E-state index in [1.54, 1.807) is 0 Å². The van der Waals surface area contributed by atoms with Crippen LogP contribution in [0.5, 0.6) is 0 Å². The molecule has 7 heteroatoms. The van der Waals surface area contributed by atoms with Crippen molar-refractivity contribution in [2.75, 3.05) is 6.61 Å². The topological polar surface area (TPSA) is 83.5 Å². The molecular weight excluding hydrogens is 168 g/mol. The van der Waals surface area contributed by atoms with E-state index in [0.717, 1.165) is 0 Å². The molecule has 1 unspecified atom stereocenters. The second-order valence-corrected chi connectivity index (χ2v) is 4.52. The minimum Gasteiger partial charge on any atom is -0.758 e. The van der Waals surface area contributed by atoms with E-state index in [1.807, 2.05) is 0 Å². The van der Waals surface area contributed by atoms with Gasteiger partial charge in [-0.1, -0.05) is 0 Å². The summed E-state index contributed by atoms with van der Waals surface area (Å²) in [5, 5.41) is 0. The molecule has 0 amide bonds. The van der Waals surface area contributed by atoms with Gasteiger partial charge in [-0.05, 0) is 6.92 Å². The van der Waals surface area contributed by atoms with Gasteiger partial charge in [0.25, 0.3) is 0 Å². The summed E-state index contributed by atoms with van der Waals surface area (Å²) in [5.74, 6) is 0. The van der Waals surface area contributed by atoms with Crippen LogP contribution < -0.4 is 0 Å². The predicted molar refractivity (Wildman–Crippen MR) is 29.5 cm³/mol. The fraction of sp³-hybridized carbons (Fsp3) is 1.00. The smallest absolute Gasteiger partial charge is 0.337 e. The van der Waals surface area contributed by atoms with Gasteiger partial charge in [0, 0.05) is 0 Å². The predicted octanol–water partition coefficient (Wildman–Crippen LogP) is -0.853. The molecule has 0 heterocycles. The van der Waals surface area contributed by atoms with Gasteiger partial charge in [0.15, 0.2) is 0 Å². The van der Waals surface area contributed by atoms with Crippen molar-refractivity contribution >= 4 is 19.3 Å². The minimum atomic E-state index is -4.33. The SMILES string of the molecule is CCOS(=O)(=O)S(=O)[O-]. The van der Waals surface area contributed by atoms with Crippen molar-refractivity contribution in [1.29, 1.82) is 0 Å². The van der Waals surface area contributed by atoms with Gasteiger partial charge in [0.05, 0.1) is 16.7 Å². The fourth-order valence-electron chi connectivity index (χ4n) is 0.184. The summed E-state index contributed by atoms with van der Waals surface area (Å²) >= 11 is 0. The molecule has 0 aromatic carbocycles. The Hall–Kier alpha value is 0.0200. The third-order valence-electron chi connectivity index (χ3n) is 0.429. The Morgan fingerprint density at radius 2 is 2.11 bits per heavy atom. The molecule has 0 fully saturated rings. The van der Waals surface area contributed by atoms with Crippen molar-refractivity contribution in [2.45, 2.75) is 6.92 Å². The maximum atomic E-state index is 10.1. The summed E-state index contributed by atoms with van der Waals surface area (Å²) < 4.78 is 43.4. The lowest BCUT2D eigenvalue weighted by atomic mass is 10.9. The first kappa shape index (κ1) is 9.02. The highest BCUT2D eigenvalue weighted by Gasteiger charge is 2.08. The summed E-state index contributed by atoms with van der Waals surface area (Å²) in [6.07, 6.45) is 0. The van der Waals surface area contributed by atoms with Crippen LogP contribution in [0.25, 0.3) is 0 Å². The number of hydrogen-bond donors (Lipinski definition) is 0. The van der Waals surface area contributed by atoms with E-state index in [-0.39, 0.29) is 6.61 Å². The summed E-state index contributed by atoms with van der Waals surface area (Å²) in [5.41, 5.74) is 0. The van der Waals surface area contributed by atoms with Crippen molar-refractivity contribution in [3.8, 4) is 0 Å². The van der Waals surface area contributed by atoms with Crippen LogP contribution in [0.4, 0.5) is 0 Å². The standard InChI is InChI=1S/C2H6O5S2/c1-2-7-9(5,6)8(3)4/h2H2,1H3,(H,3,4)/p-1. The first-order valence-electron chi connectivity index (χ1n) is 2.00. The van der Waals surface area contributed by atoms with Crippen molar-refractivity contribution in [3.05, 3.63) is 0 Å². The Labute approximate surface area is 54.8 Å². The van der Waals surface area contributed by atoms with Crippen molar-refractivity contribution in [1.82, 2.24) is 0 Å². The molecule has 0 N–H and O–H groups in total. The average molecular weight is 173 g/mol. The van der Waals surface area contributed by atoms with Crippen LogP contribution in [0.3, 0.4) is 0 Å². The summed E-state index contributed by atoms with van der Waals surface area (Å²) in [6.45, 7) is 1.21. The molecule has 0 rings (SSSR count). The summed E-state index contributed by atoms with van der Waals surface area (Å²) in [4.78, 5) is 0.